The van der Waals surface area contributed by atoms with Gasteiger partial charge in [-0.25, -0.2) is 9.18 Å². The highest BCUT2D eigenvalue weighted by molar-refractivity contribution is 8.00. The van der Waals surface area contributed by atoms with Crippen LogP contribution in [0.15, 0.2) is 46.2 Å². The van der Waals surface area contributed by atoms with Crippen LogP contribution in [-0.2, 0) is 6.61 Å². The maximum atomic E-state index is 14.7. The van der Waals surface area contributed by atoms with Crippen molar-refractivity contribution < 1.29 is 19.4 Å². The van der Waals surface area contributed by atoms with Crippen LogP contribution in [-0.4, -0.2) is 20.7 Å². The van der Waals surface area contributed by atoms with Gasteiger partial charge in [-0.15, -0.1) is 0 Å². The standard InChI is InChI=1S/C19H14FNO4S/c1-9-21-15-7-12(11-4-2-10(8-22)3-5-11)14(20)6-13(15)17(23)16(19(24)25)18(21)26-9/h2-7,9,22H,8H2,1H3,(H,24,25). The Balaban J connectivity index is 2.02. The fraction of sp³-hybridized carbons (Fsp3) is 0.158. The van der Waals surface area contributed by atoms with E-state index in [2.05, 4.69) is 0 Å². The Hall–Kier alpha value is -2.64. The highest BCUT2D eigenvalue weighted by Crippen LogP contribution is 2.46. The Morgan fingerprint density at radius 3 is 2.54 bits per heavy atom. The largest absolute Gasteiger partial charge is 0.477 e. The summed E-state index contributed by atoms with van der Waals surface area (Å²) in [6, 6.07) is 9.52. The van der Waals surface area contributed by atoms with E-state index in [1.54, 1.807) is 34.9 Å². The SMILES string of the molecule is CC1Sc2c(C(=O)O)c(=O)c3cc(F)c(-c4ccc(CO)cc4)cc3n21. The first-order valence-electron chi connectivity index (χ1n) is 7.94. The molecule has 2 N–H and O–H groups in total. The maximum Gasteiger partial charge on any atom is 0.342 e. The smallest absolute Gasteiger partial charge is 0.342 e. The van der Waals surface area contributed by atoms with Gasteiger partial charge in [-0.2, -0.15) is 0 Å². The van der Waals surface area contributed by atoms with Crippen LogP contribution in [0, 0.1) is 5.82 Å². The number of hydrogen-bond donors (Lipinski definition) is 2. The van der Waals surface area contributed by atoms with Crippen LogP contribution in [0.2, 0.25) is 0 Å². The second-order valence-corrected chi connectivity index (χ2v) is 7.41. The molecule has 0 amide bonds. The average molecular weight is 371 g/mol. The van der Waals surface area contributed by atoms with Gasteiger partial charge in [0.25, 0.3) is 0 Å². The molecule has 0 spiro atoms. The minimum Gasteiger partial charge on any atom is -0.477 e. The summed E-state index contributed by atoms with van der Waals surface area (Å²) in [6.07, 6.45) is 0. The lowest BCUT2D eigenvalue weighted by Crippen LogP contribution is -2.28. The third-order valence-electron chi connectivity index (χ3n) is 4.56. The molecular formula is C19H14FNO4S. The van der Waals surface area contributed by atoms with E-state index in [1.165, 1.54) is 11.8 Å². The van der Waals surface area contributed by atoms with Crippen molar-refractivity contribution in [2.75, 3.05) is 0 Å². The molecule has 0 aliphatic carbocycles. The van der Waals surface area contributed by atoms with Crippen molar-refractivity contribution in [2.45, 2.75) is 23.9 Å². The van der Waals surface area contributed by atoms with E-state index in [0.717, 1.165) is 6.07 Å². The molecule has 0 radical (unpaired) electrons. The van der Waals surface area contributed by atoms with Crippen molar-refractivity contribution in [2.24, 2.45) is 0 Å². The summed E-state index contributed by atoms with van der Waals surface area (Å²) >= 11 is 1.31. The predicted octanol–water partition coefficient (Wildman–Crippen LogP) is 3.62. The van der Waals surface area contributed by atoms with Gasteiger partial charge in [0.2, 0.25) is 5.43 Å². The van der Waals surface area contributed by atoms with Crippen LogP contribution in [0.3, 0.4) is 0 Å². The summed E-state index contributed by atoms with van der Waals surface area (Å²) in [6.45, 7) is 1.79. The molecule has 1 aromatic heterocycles. The van der Waals surface area contributed by atoms with Crippen LogP contribution in [0.25, 0.3) is 22.0 Å². The Morgan fingerprint density at radius 2 is 1.96 bits per heavy atom. The Kier molecular flexibility index (Phi) is 3.86. The number of benzene rings is 2. The first kappa shape index (κ1) is 16.8. The molecule has 3 aromatic rings. The second-order valence-electron chi connectivity index (χ2n) is 6.11. The van der Waals surface area contributed by atoms with Crippen LogP contribution in [0.4, 0.5) is 4.39 Å². The van der Waals surface area contributed by atoms with Crippen molar-refractivity contribution >= 4 is 28.6 Å². The van der Waals surface area contributed by atoms with E-state index < -0.39 is 17.2 Å². The van der Waals surface area contributed by atoms with Crippen molar-refractivity contribution in [1.82, 2.24) is 4.57 Å². The number of hydrogen-bond acceptors (Lipinski definition) is 4. The summed E-state index contributed by atoms with van der Waals surface area (Å²) < 4.78 is 16.5. The van der Waals surface area contributed by atoms with Crippen molar-refractivity contribution in [3.05, 3.63) is 63.6 Å². The van der Waals surface area contributed by atoms with Crippen molar-refractivity contribution in [3.8, 4) is 11.1 Å². The Morgan fingerprint density at radius 1 is 1.27 bits per heavy atom. The number of rotatable bonds is 3. The van der Waals surface area contributed by atoms with Crippen LogP contribution < -0.4 is 5.43 Å². The lowest BCUT2D eigenvalue weighted by molar-refractivity contribution is 0.0689. The molecule has 4 rings (SSSR count). The zero-order valence-electron chi connectivity index (χ0n) is 13.7. The predicted molar refractivity (Wildman–Crippen MR) is 97.1 cm³/mol. The van der Waals surface area contributed by atoms with Gasteiger partial charge in [0.05, 0.1) is 22.5 Å². The zero-order valence-corrected chi connectivity index (χ0v) is 14.5. The van der Waals surface area contributed by atoms with Gasteiger partial charge >= 0.3 is 5.97 Å². The highest BCUT2D eigenvalue weighted by Gasteiger charge is 2.33. The van der Waals surface area contributed by atoms with Crippen molar-refractivity contribution in [3.63, 3.8) is 0 Å². The second kappa shape index (κ2) is 5.96. The molecule has 1 aliphatic heterocycles. The van der Waals surface area contributed by atoms with Gasteiger partial charge in [-0.1, -0.05) is 36.0 Å². The molecule has 2 heterocycles. The Labute approximate surface area is 151 Å². The molecule has 26 heavy (non-hydrogen) atoms. The zero-order chi connectivity index (χ0) is 18.6. The van der Waals surface area contributed by atoms with Crippen LogP contribution in [0.1, 0.15) is 28.2 Å². The number of aliphatic hydroxyl groups is 1. The van der Waals surface area contributed by atoms with Gasteiger partial charge in [0.15, 0.2) is 0 Å². The van der Waals surface area contributed by atoms with E-state index in [0.29, 0.717) is 27.2 Å². The number of nitrogens with zero attached hydrogens (tertiary/aromatic N) is 1. The third-order valence-corrected chi connectivity index (χ3v) is 5.73. The van der Waals surface area contributed by atoms with E-state index in [-0.39, 0.29) is 22.9 Å². The van der Waals surface area contributed by atoms with E-state index in [9.17, 15) is 19.1 Å². The minimum atomic E-state index is -1.30. The fourth-order valence-electron chi connectivity index (χ4n) is 3.25. The quantitative estimate of drug-likeness (QED) is 0.735. The number of aliphatic hydroxyl groups excluding tert-OH is 1. The normalized spacial score (nSPS) is 15.6. The van der Waals surface area contributed by atoms with E-state index in [1.807, 2.05) is 6.92 Å². The molecule has 0 fully saturated rings. The highest BCUT2D eigenvalue weighted by atomic mass is 32.2. The number of halogens is 1. The fourth-order valence-corrected chi connectivity index (χ4v) is 4.40. The van der Waals surface area contributed by atoms with Gasteiger partial charge < -0.3 is 14.8 Å². The first-order valence-corrected chi connectivity index (χ1v) is 8.82. The summed E-state index contributed by atoms with van der Waals surface area (Å²) in [5.74, 6) is -1.90. The van der Waals surface area contributed by atoms with Crippen LogP contribution in [0.5, 0.6) is 0 Å². The molecular weight excluding hydrogens is 357 g/mol. The summed E-state index contributed by atoms with van der Waals surface area (Å²) in [4.78, 5) is 24.0. The monoisotopic (exact) mass is 371 g/mol. The lowest BCUT2D eigenvalue weighted by atomic mass is 10.0. The molecule has 1 aliphatic rings. The number of aromatic nitrogens is 1. The molecule has 0 saturated carbocycles. The topological polar surface area (TPSA) is 79.5 Å². The number of carbonyl (C=O) groups is 1. The molecule has 1 unspecified atom stereocenters. The summed E-state index contributed by atoms with van der Waals surface area (Å²) in [5, 5.41) is 18.9. The third kappa shape index (κ3) is 2.35. The first-order chi connectivity index (χ1) is 12.4. The number of pyridine rings is 1. The number of aromatic carboxylic acids is 1. The lowest BCUT2D eigenvalue weighted by Gasteiger charge is -2.32. The Bertz CT molecular complexity index is 1120. The summed E-state index contributed by atoms with van der Waals surface area (Å²) in [7, 11) is 0. The molecule has 1 atom stereocenters. The van der Waals surface area contributed by atoms with Crippen molar-refractivity contribution in [1.29, 1.82) is 0 Å². The van der Waals surface area contributed by atoms with E-state index >= 15 is 0 Å². The molecule has 2 aromatic carbocycles. The maximum absolute atomic E-state index is 14.7. The summed E-state index contributed by atoms with van der Waals surface area (Å²) in [5.41, 5.74) is 1.20. The molecule has 5 nitrogen and oxygen atoms in total. The number of thioether (sulfide) groups is 1. The molecule has 0 saturated heterocycles. The van der Waals surface area contributed by atoms with Gasteiger partial charge in [0.1, 0.15) is 11.4 Å². The van der Waals surface area contributed by atoms with Crippen LogP contribution >= 0.6 is 11.8 Å². The average Bonchev–Trinajstić information content (AvgIpc) is 2.61. The van der Waals surface area contributed by atoms with E-state index in [4.69, 9.17) is 5.11 Å². The number of carboxylic acids is 1. The number of carboxylic acid groups (broad SMARTS) is 1. The molecule has 7 heteroatoms. The molecule has 132 valence electrons. The number of fused-ring (bicyclic) bond motifs is 3. The van der Waals surface area contributed by atoms with Gasteiger partial charge in [-0.3, -0.25) is 4.79 Å². The van der Waals surface area contributed by atoms with Gasteiger partial charge in [-0.05, 0) is 30.2 Å². The van der Waals surface area contributed by atoms with Gasteiger partial charge in [0, 0.05) is 10.9 Å². The minimum absolute atomic E-state index is 0.0405. The molecule has 0 bridgehead atoms.